The third kappa shape index (κ3) is 4.63. The van der Waals surface area contributed by atoms with Crippen molar-refractivity contribution in [3.63, 3.8) is 0 Å². The van der Waals surface area contributed by atoms with Gasteiger partial charge in [-0.1, -0.05) is 17.7 Å². The van der Waals surface area contributed by atoms with E-state index in [4.69, 9.17) is 20.9 Å². The maximum absolute atomic E-state index is 11.7. The van der Waals surface area contributed by atoms with Crippen molar-refractivity contribution in [2.45, 2.75) is 24.3 Å². The summed E-state index contributed by atoms with van der Waals surface area (Å²) in [7, 11) is -3.74. The van der Waals surface area contributed by atoms with Crippen LogP contribution in [0.25, 0.3) is 0 Å². The molecule has 0 aromatic heterocycles. The molecule has 0 saturated carbocycles. The fourth-order valence-corrected chi connectivity index (χ4v) is 2.22. The number of halogens is 1. The van der Waals surface area contributed by atoms with Crippen molar-refractivity contribution in [3.8, 4) is 0 Å². The topological polar surface area (TPSA) is 63.6 Å². The van der Waals surface area contributed by atoms with Crippen LogP contribution >= 0.6 is 11.6 Å². The number of aliphatic hydroxyl groups is 1. The van der Waals surface area contributed by atoms with Gasteiger partial charge in [0.05, 0.1) is 17.6 Å². The second-order valence-corrected chi connectivity index (χ2v) is 5.61. The Morgan fingerprint density at radius 2 is 1.94 bits per heavy atom. The molecule has 0 radical (unpaired) electrons. The van der Waals surface area contributed by atoms with Crippen molar-refractivity contribution in [2.24, 2.45) is 0 Å². The molecular formula is C11H15ClO4S. The smallest absolute Gasteiger partial charge is 0.296 e. The van der Waals surface area contributed by atoms with Gasteiger partial charge in [0.1, 0.15) is 0 Å². The first-order valence-corrected chi connectivity index (χ1v) is 7.10. The summed E-state index contributed by atoms with van der Waals surface area (Å²) >= 11 is 5.38. The predicted octanol–water partition coefficient (Wildman–Crippen LogP) is 1.69. The highest BCUT2D eigenvalue weighted by Crippen LogP contribution is 2.13. The maximum atomic E-state index is 11.7. The van der Waals surface area contributed by atoms with Crippen LogP contribution in [0.5, 0.6) is 0 Å². The Morgan fingerprint density at radius 3 is 2.47 bits per heavy atom. The summed E-state index contributed by atoms with van der Waals surface area (Å²) in [4.78, 5) is 0.114. The first kappa shape index (κ1) is 14.4. The van der Waals surface area contributed by atoms with E-state index < -0.39 is 16.2 Å². The summed E-state index contributed by atoms with van der Waals surface area (Å²) < 4.78 is 28.1. The average molecular weight is 279 g/mol. The van der Waals surface area contributed by atoms with Gasteiger partial charge in [-0.25, -0.2) is 0 Å². The lowest BCUT2D eigenvalue weighted by Gasteiger charge is -2.08. The van der Waals surface area contributed by atoms with Crippen LogP contribution in [0.2, 0.25) is 0 Å². The molecular weight excluding hydrogens is 264 g/mol. The van der Waals surface area contributed by atoms with E-state index in [-0.39, 0.29) is 23.8 Å². The Morgan fingerprint density at radius 1 is 1.35 bits per heavy atom. The predicted molar refractivity (Wildman–Crippen MR) is 65.7 cm³/mol. The van der Waals surface area contributed by atoms with Crippen LogP contribution < -0.4 is 0 Å². The van der Waals surface area contributed by atoms with Crippen LogP contribution in [0, 0.1) is 6.92 Å². The zero-order valence-corrected chi connectivity index (χ0v) is 11.0. The number of alkyl halides is 1. The van der Waals surface area contributed by atoms with Crippen LogP contribution in [0.15, 0.2) is 29.2 Å². The van der Waals surface area contributed by atoms with Crippen LogP contribution in [-0.2, 0) is 14.3 Å². The van der Waals surface area contributed by atoms with Gasteiger partial charge in [-0.05, 0) is 25.5 Å². The first-order chi connectivity index (χ1) is 7.95. The molecule has 0 aliphatic rings. The zero-order chi connectivity index (χ0) is 12.9. The van der Waals surface area contributed by atoms with E-state index in [1.807, 2.05) is 6.92 Å². The van der Waals surface area contributed by atoms with E-state index in [1.165, 1.54) is 12.1 Å². The van der Waals surface area contributed by atoms with Crippen LogP contribution in [0.1, 0.15) is 12.0 Å². The highest BCUT2D eigenvalue weighted by atomic mass is 35.5. The van der Waals surface area contributed by atoms with E-state index in [9.17, 15) is 8.42 Å². The van der Waals surface area contributed by atoms with Crippen molar-refractivity contribution in [2.75, 3.05) is 12.5 Å². The summed E-state index contributed by atoms with van der Waals surface area (Å²) in [6.07, 6.45) is -0.556. The second kappa shape index (κ2) is 6.35. The zero-order valence-electron chi connectivity index (χ0n) is 9.47. The molecule has 0 heterocycles. The molecule has 4 nitrogen and oxygen atoms in total. The summed E-state index contributed by atoms with van der Waals surface area (Å²) in [6, 6.07) is 6.37. The van der Waals surface area contributed by atoms with E-state index >= 15 is 0 Å². The summed E-state index contributed by atoms with van der Waals surface area (Å²) in [5.74, 6) is 0.0634. The Hall–Kier alpha value is -0.620. The molecule has 1 N–H and O–H groups in total. The fourth-order valence-electron chi connectivity index (χ4n) is 1.14. The largest absolute Gasteiger partial charge is 0.392 e. The molecule has 1 rings (SSSR count). The van der Waals surface area contributed by atoms with Gasteiger partial charge in [-0.3, -0.25) is 4.18 Å². The minimum absolute atomic E-state index is 0.0634. The van der Waals surface area contributed by atoms with E-state index in [1.54, 1.807) is 12.1 Å². The molecule has 1 aromatic carbocycles. The van der Waals surface area contributed by atoms with Crippen molar-refractivity contribution >= 4 is 21.7 Å². The highest BCUT2D eigenvalue weighted by molar-refractivity contribution is 7.86. The summed E-state index contributed by atoms with van der Waals surface area (Å²) in [5, 5.41) is 9.15. The molecule has 1 aromatic rings. The minimum atomic E-state index is -3.74. The van der Waals surface area contributed by atoms with Gasteiger partial charge in [0.25, 0.3) is 10.1 Å². The Bertz CT molecular complexity index is 441. The van der Waals surface area contributed by atoms with E-state index in [2.05, 4.69) is 0 Å². The molecule has 6 heteroatoms. The highest BCUT2D eigenvalue weighted by Gasteiger charge is 2.15. The third-order valence-corrected chi connectivity index (χ3v) is 3.86. The molecule has 1 atom stereocenters. The van der Waals surface area contributed by atoms with Crippen molar-refractivity contribution in [1.82, 2.24) is 0 Å². The lowest BCUT2D eigenvalue weighted by atomic mass is 10.2. The number of aliphatic hydroxyl groups excluding tert-OH is 1. The van der Waals surface area contributed by atoms with Crippen LogP contribution in [0.3, 0.4) is 0 Å². The molecule has 0 aliphatic heterocycles. The van der Waals surface area contributed by atoms with Crippen LogP contribution in [0.4, 0.5) is 0 Å². The molecule has 0 fully saturated rings. The third-order valence-electron chi connectivity index (χ3n) is 2.18. The Balaban J connectivity index is 2.60. The number of hydrogen-bond donors (Lipinski definition) is 1. The summed E-state index contributed by atoms with van der Waals surface area (Å²) in [6.45, 7) is 1.79. The molecule has 0 saturated heterocycles. The first-order valence-electron chi connectivity index (χ1n) is 5.16. The normalized spacial score (nSPS) is 13.6. The second-order valence-electron chi connectivity index (χ2n) is 3.69. The number of benzene rings is 1. The van der Waals surface area contributed by atoms with Crippen molar-refractivity contribution in [1.29, 1.82) is 0 Å². The molecule has 96 valence electrons. The van der Waals surface area contributed by atoms with E-state index in [0.29, 0.717) is 0 Å². The number of hydrogen-bond acceptors (Lipinski definition) is 4. The van der Waals surface area contributed by atoms with Gasteiger partial charge in [0.15, 0.2) is 0 Å². The Kier molecular flexibility index (Phi) is 5.39. The van der Waals surface area contributed by atoms with Gasteiger partial charge < -0.3 is 5.11 Å². The quantitative estimate of drug-likeness (QED) is 0.635. The monoisotopic (exact) mass is 278 g/mol. The summed E-state index contributed by atoms with van der Waals surface area (Å²) in [5.41, 5.74) is 0.974. The Labute approximate surface area is 106 Å². The molecule has 0 aliphatic carbocycles. The number of aryl methyl sites for hydroxylation is 1. The van der Waals surface area contributed by atoms with Crippen LogP contribution in [-0.4, -0.2) is 32.1 Å². The standard InChI is InChI=1S/C11H15ClO4S/c1-9-2-4-11(5-3-9)17(14,15)16-7-6-10(13)8-12/h2-5,10,13H,6-8H2,1H3/t10-/m1/s1. The average Bonchev–Trinajstić information content (AvgIpc) is 2.29. The lowest BCUT2D eigenvalue weighted by molar-refractivity contribution is 0.160. The molecule has 0 spiro atoms. The van der Waals surface area contributed by atoms with Crippen molar-refractivity contribution in [3.05, 3.63) is 29.8 Å². The van der Waals surface area contributed by atoms with Gasteiger partial charge in [-0.15, -0.1) is 11.6 Å². The molecule has 0 amide bonds. The van der Waals surface area contributed by atoms with Gasteiger partial charge >= 0.3 is 0 Å². The molecule has 17 heavy (non-hydrogen) atoms. The molecule has 0 bridgehead atoms. The van der Waals surface area contributed by atoms with Gasteiger partial charge in [0.2, 0.25) is 0 Å². The lowest BCUT2D eigenvalue weighted by Crippen LogP contribution is -2.15. The van der Waals surface area contributed by atoms with Gasteiger partial charge in [0, 0.05) is 5.88 Å². The maximum Gasteiger partial charge on any atom is 0.296 e. The number of rotatable bonds is 6. The van der Waals surface area contributed by atoms with E-state index in [0.717, 1.165) is 5.56 Å². The fraction of sp³-hybridized carbons (Fsp3) is 0.455. The van der Waals surface area contributed by atoms with Gasteiger partial charge in [-0.2, -0.15) is 8.42 Å². The molecule has 0 unspecified atom stereocenters. The van der Waals surface area contributed by atoms with Crippen molar-refractivity contribution < 1.29 is 17.7 Å². The minimum Gasteiger partial charge on any atom is -0.392 e. The SMILES string of the molecule is Cc1ccc(S(=O)(=O)OCC[C@@H](O)CCl)cc1.